The van der Waals surface area contributed by atoms with E-state index in [1.54, 1.807) is 6.07 Å². The Morgan fingerprint density at radius 3 is 2.50 bits per heavy atom. The molecule has 0 saturated carbocycles. The Bertz CT molecular complexity index is 1250. The van der Waals surface area contributed by atoms with Crippen LogP contribution >= 0.6 is 0 Å². The van der Waals surface area contributed by atoms with Gasteiger partial charge in [0.15, 0.2) is 5.82 Å². The number of nitrogen functional groups attached to an aromatic ring is 1. The van der Waals surface area contributed by atoms with Crippen LogP contribution in [0.4, 0.5) is 21.8 Å². The Kier molecular flexibility index (Phi) is 5.83. The molecule has 3 saturated heterocycles. The van der Waals surface area contributed by atoms with Crippen molar-refractivity contribution in [2.75, 3.05) is 48.8 Å². The van der Waals surface area contributed by atoms with Gasteiger partial charge in [-0.05, 0) is 76.2 Å². The predicted molar refractivity (Wildman–Crippen MR) is 137 cm³/mol. The van der Waals surface area contributed by atoms with Gasteiger partial charge in [-0.25, -0.2) is 14.4 Å². The molecule has 2 bridgehead atoms. The van der Waals surface area contributed by atoms with E-state index >= 15 is 0 Å². The van der Waals surface area contributed by atoms with E-state index in [4.69, 9.17) is 10.7 Å². The molecule has 10 heteroatoms. The molecule has 2 atom stereocenters. The summed E-state index contributed by atoms with van der Waals surface area (Å²) in [6, 6.07) is 8.18. The maximum atomic E-state index is 13.8. The number of nitrogens with zero attached hydrogens (tertiary/aromatic N) is 7. The quantitative estimate of drug-likeness (QED) is 0.571. The number of rotatable bonds is 4. The summed E-state index contributed by atoms with van der Waals surface area (Å²) in [5, 5.41) is 18.5. The molecule has 0 amide bonds. The molecule has 0 radical (unpaired) electrons. The first kappa shape index (κ1) is 22.9. The summed E-state index contributed by atoms with van der Waals surface area (Å²) in [4.78, 5) is 16.7. The van der Waals surface area contributed by atoms with Crippen LogP contribution in [0.15, 0.2) is 36.5 Å². The molecule has 3 aliphatic rings. The Balaban J connectivity index is 1.24. The largest absolute Gasteiger partial charge is 0.507 e. The third-order valence-electron chi connectivity index (χ3n) is 7.89. The van der Waals surface area contributed by atoms with Gasteiger partial charge >= 0.3 is 0 Å². The maximum absolute atomic E-state index is 13.8. The van der Waals surface area contributed by atoms with E-state index in [9.17, 15) is 9.50 Å². The zero-order chi connectivity index (χ0) is 24.8. The molecule has 0 unspecified atom stereocenters. The van der Waals surface area contributed by atoms with E-state index in [0.29, 0.717) is 23.0 Å². The van der Waals surface area contributed by atoms with Crippen molar-refractivity contribution in [3.63, 3.8) is 0 Å². The summed E-state index contributed by atoms with van der Waals surface area (Å²) in [7, 11) is 2.17. The number of benzene rings is 1. The number of hydrogen-bond acceptors (Lipinski definition) is 9. The molecule has 0 aliphatic carbocycles. The van der Waals surface area contributed by atoms with Crippen LogP contribution in [-0.4, -0.2) is 75.5 Å². The molecule has 5 heterocycles. The normalized spacial score (nSPS) is 22.8. The molecule has 0 spiro atoms. The van der Waals surface area contributed by atoms with Gasteiger partial charge in [0.1, 0.15) is 11.6 Å². The number of likely N-dealkylation sites (tertiary alicyclic amines) is 1. The first-order valence-corrected chi connectivity index (χ1v) is 12.6. The van der Waals surface area contributed by atoms with Crippen LogP contribution in [-0.2, 0) is 0 Å². The fourth-order valence-electron chi connectivity index (χ4n) is 5.93. The highest BCUT2D eigenvalue weighted by Gasteiger charge is 2.42. The van der Waals surface area contributed by atoms with Gasteiger partial charge in [0.25, 0.3) is 0 Å². The number of phenols is 1. The maximum Gasteiger partial charge on any atom is 0.226 e. The first-order valence-electron chi connectivity index (χ1n) is 12.6. The third-order valence-corrected chi connectivity index (χ3v) is 7.89. The van der Waals surface area contributed by atoms with Crippen molar-refractivity contribution in [1.29, 1.82) is 0 Å². The lowest BCUT2D eigenvalue weighted by Gasteiger charge is -2.42. The molecule has 3 N–H and O–H groups in total. The average molecular weight is 491 g/mol. The summed E-state index contributed by atoms with van der Waals surface area (Å²) in [5.41, 5.74) is 8.83. The number of piperidine rings is 1. The smallest absolute Gasteiger partial charge is 0.226 e. The minimum atomic E-state index is -0.447. The number of piperazine rings is 1. The summed E-state index contributed by atoms with van der Waals surface area (Å²) >= 11 is 0. The molecular weight excluding hydrogens is 459 g/mol. The molecule has 36 heavy (non-hydrogen) atoms. The minimum absolute atomic E-state index is 0.0482. The first-order chi connectivity index (χ1) is 17.5. The standard InChI is InChI=1S/C26H31FN8O/c1-33-10-7-16(8-11-33)21-6-9-29-26(30-21)35-18-3-4-19(35)15-34(14-18)23-13-22(31-32-25(23)28)20-12-17(27)2-5-24(20)36/h2,5-6,9,12-13,16,18-19,36H,3-4,7-8,10-11,14-15H2,1H3,(H2,28,32)/t18-,19+. The molecule has 3 fully saturated rings. The van der Waals surface area contributed by atoms with Crippen molar-refractivity contribution < 1.29 is 9.50 Å². The number of nitrogens with two attached hydrogens (primary N) is 1. The highest BCUT2D eigenvalue weighted by atomic mass is 19.1. The van der Waals surface area contributed by atoms with E-state index in [2.05, 4.69) is 43.0 Å². The second kappa shape index (κ2) is 9.16. The van der Waals surface area contributed by atoms with Crippen LogP contribution in [0, 0.1) is 5.82 Å². The number of halogens is 1. The van der Waals surface area contributed by atoms with Gasteiger partial charge in [0.2, 0.25) is 5.95 Å². The zero-order valence-electron chi connectivity index (χ0n) is 20.4. The van der Waals surface area contributed by atoms with E-state index in [1.807, 2.05) is 6.20 Å². The van der Waals surface area contributed by atoms with Crippen LogP contribution in [0.5, 0.6) is 5.75 Å². The predicted octanol–water partition coefficient (Wildman–Crippen LogP) is 3.03. The van der Waals surface area contributed by atoms with E-state index in [1.165, 1.54) is 18.2 Å². The monoisotopic (exact) mass is 490 g/mol. The summed E-state index contributed by atoms with van der Waals surface area (Å²) < 4.78 is 13.8. The molecule has 3 aromatic rings. The number of aromatic hydroxyl groups is 1. The van der Waals surface area contributed by atoms with Crippen molar-refractivity contribution in [3.8, 4) is 17.0 Å². The second-order valence-corrected chi connectivity index (χ2v) is 10.2. The van der Waals surface area contributed by atoms with Gasteiger partial charge in [-0.15, -0.1) is 10.2 Å². The van der Waals surface area contributed by atoms with Gasteiger partial charge in [-0.2, -0.15) is 0 Å². The lowest BCUT2D eigenvalue weighted by molar-refractivity contribution is 0.253. The van der Waals surface area contributed by atoms with Crippen molar-refractivity contribution in [2.45, 2.75) is 43.7 Å². The van der Waals surface area contributed by atoms with Gasteiger partial charge in [0.05, 0.1) is 11.4 Å². The van der Waals surface area contributed by atoms with E-state index in [0.717, 1.165) is 69.2 Å². The Morgan fingerprint density at radius 2 is 1.75 bits per heavy atom. The molecule has 6 rings (SSSR count). The average Bonchev–Trinajstić information content (AvgIpc) is 3.15. The molecule has 9 nitrogen and oxygen atoms in total. The summed E-state index contributed by atoms with van der Waals surface area (Å²) in [6.07, 6.45) is 6.28. The Labute approximate surface area is 209 Å². The van der Waals surface area contributed by atoms with Crippen LogP contribution in [0.1, 0.15) is 37.3 Å². The van der Waals surface area contributed by atoms with E-state index < -0.39 is 5.82 Å². The van der Waals surface area contributed by atoms with Crippen LogP contribution in [0.25, 0.3) is 11.3 Å². The Hall–Kier alpha value is -3.53. The summed E-state index contributed by atoms with van der Waals surface area (Å²) in [6.45, 7) is 3.71. The summed E-state index contributed by atoms with van der Waals surface area (Å²) in [5.74, 6) is 1.14. The third kappa shape index (κ3) is 4.19. The number of aromatic nitrogens is 4. The number of hydrogen-bond donors (Lipinski definition) is 2. The lowest BCUT2D eigenvalue weighted by Crippen LogP contribution is -2.54. The van der Waals surface area contributed by atoms with Crippen LogP contribution in [0.3, 0.4) is 0 Å². The SMILES string of the molecule is CN1CCC(c2ccnc(N3[C@@H]4CC[C@H]3CN(c3cc(-c5cc(F)ccc5O)nnc3N)C4)n2)CC1. The van der Waals surface area contributed by atoms with Crippen molar-refractivity contribution in [1.82, 2.24) is 25.1 Å². The molecule has 1 aromatic carbocycles. The van der Waals surface area contributed by atoms with Gasteiger partial charge in [-0.3, -0.25) is 0 Å². The highest BCUT2D eigenvalue weighted by Crippen LogP contribution is 2.38. The molecular formula is C26H31FN8O. The van der Waals surface area contributed by atoms with Crippen LogP contribution in [0.2, 0.25) is 0 Å². The number of phenolic OH excluding ortho intramolecular Hbond substituents is 1. The minimum Gasteiger partial charge on any atom is -0.507 e. The molecule has 3 aliphatic heterocycles. The number of anilines is 3. The van der Waals surface area contributed by atoms with E-state index in [-0.39, 0.29) is 17.8 Å². The molecule has 188 valence electrons. The van der Waals surface area contributed by atoms with Crippen molar-refractivity contribution >= 4 is 17.5 Å². The zero-order valence-corrected chi connectivity index (χ0v) is 20.4. The fraction of sp³-hybridized carbons (Fsp3) is 0.462. The molecule has 2 aromatic heterocycles. The van der Waals surface area contributed by atoms with Crippen molar-refractivity contribution in [2.24, 2.45) is 0 Å². The van der Waals surface area contributed by atoms with Gasteiger partial charge in [-0.1, -0.05) is 0 Å². The lowest BCUT2D eigenvalue weighted by atomic mass is 9.94. The van der Waals surface area contributed by atoms with Gasteiger partial charge in [0, 0.05) is 48.5 Å². The van der Waals surface area contributed by atoms with Crippen LogP contribution < -0.4 is 15.5 Å². The Morgan fingerprint density at radius 1 is 1.00 bits per heavy atom. The highest BCUT2D eigenvalue weighted by molar-refractivity contribution is 5.74. The number of fused-ring (bicyclic) bond motifs is 2. The van der Waals surface area contributed by atoms with Crippen molar-refractivity contribution in [3.05, 3.63) is 48.0 Å². The fourth-order valence-corrected chi connectivity index (χ4v) is 5.93. The second-order valence-electron chi connectivity index (χ2n) is 10.2. The topological polar surface area (TPSA) is 108 Å². The van der Waals surface area contributed by atoms with Gasteiger partial charge < -0.3 is 25.5 Å².